The van der Waals surface area contributed by atoms with Crippen LogP contribution in [-0.2, 0) is 65.8 Å². The van der Waals surface area contributed by atoms with E-state index in [1.165, 1.54) is 0 Å². The van der Waals surface area contributed by atoms with Crippen molar-refractivity contribution in [1.82, 2.24) is 0 Å². The number of alkyl halides is 9. The van der Waals surface area contributed by atoms with Crippen LogP contribution in [0.25, 0.3) is 0 Å². The zero-order valence-corrected chi connectivity index (χ0v) is 44.9. The van der Waals surface area contributed by atoms with Gasteiger partial charge < -0.3 is 44.0 Å². The molecular weight excluding hydrogens is 1080 g/mol. The van der Waals surface area contributed by atoms with Crippen molar-refractivity contribution in [2.45, 2.75) is 153 Å². The van der Waals surface area contributed by atoms with Gasteiger partial charge in [-0.3, -0.25) is 9.59 Å². The van der Waals surface area contributed by atoms with E-state index in [2.05, 4.69) is 90.3 Å². The number of rotatable bonds is 12. The van der Waals surface area contributed by atoms with Gasteiger partial charge in [-0.2, -0.15) is 39.5 Å². The third kappa shape index (κ3) is 20.4. The van der Waals surface area contributed by atoms with Gasteiger partial charge >= 0.3 is 42.4 Å². The van der Waals surface area contributed by atoms with Gasteiger partial charge in [0.1, 0.15) is 0 Å². The Hall–Kier alpha value is -2.81. The molecule has 410 valence electrons. The standard InChI is InChI=1S/C39H60N4O4.3CHF3O3S.Sc/c1-26(2)30-16-13-17-31(27(3)4)36(30)40-38(44)34-20-9-11-22-42(34,46)24-15-25-43(47)23-12-10-21-35(43)39(45)41-37-32(28(5)6)18-14-19-33(37)29(7)8;3*2-1(3,4)8(5,6)7;/h13-14,16-19,26-29,34-35H,9-12,15,20-25H2,1-8H3,(H,40,44)(H,41,45);3*(H,5,6,7);/q;;;;+3/p-3/t34-,35-,42+,43+;;;;/m0..../s1. The topological polar surface area (TPSA) is 276 Å². The van der Waals surface area contributed by atoms with Gasteiger partial charge in [-0.25, -0.2) is 25.3 Å². The van der Waals surface area contributed by atoms with Gasteiger partial charge in [0.15, 0.2) is 42.4 Å². The number of para-hydroxylation sites is 2. The SMILES string of the molecule is CC(C)c1cccc(C(C)C)c1NC(=O)[C@@H]1CCCC[N@@+]1([O-])CCC[N@+]1([O-])CCCC[C@H]1C(=O)Nc1c(C(C)C)cccc1C(C)C.O=S(=O)([O-])C(F)(F)F.O=S(=O)([O-])C(F)(F)F.O=S(=O)([O-])C(F)(F)F.[Sc+3]. The third-order valence-corrected chi connectivity index (χ3v) is 13.1. The summed E-state index contributed by atoms with van der Waals surface area (Å²) in [5.41, 5.74) is -11.0. The molecule has 0 unspecified atom stereocenters. The molecule has 2 aromatic carbocycles. The summed E-state index contributed by atoms with van der Waals surface area (Å²) in [7, 11) is -18.3. The van der Waals surface area contributed by atoms with Crippen molar-refractivity contribution in [3.8, 4) is 0 Å². The molecule has 4 rings (SSSR count). The molecular formula is C42H60F9N4O13S3Sc. The number of quaternary nitrogens is 2. The van der Waals surface area contributed by atoms with E-state index in [4.69, 9.17) is 38.9 Å². The predicted molar refractivity (Wildman–Crippen MR) is 240 cm³/mol. The van der Waals surface area contributed by atoms with Crippen LogP contribution in [0.2, 0.25) is 0 Å². The van der Waals surface area contributed by atoms with E-state index >= 15 is 0 Å². The monoisotopic (exact) mass is 1140 g/mol. The van der Waals surface area contributed by atoms with Crippen LogP contribution >= 0.6 is 0 Å². The molecule has 4 atom stereocenters. The molecule has 0 aliphatic carbocycles. The van der Waals surface area contributed by atoms with Gasteiger partial charge in [0.25, 0.3) is 11.8 Å². The fraction of sp³-hybridized carbons (Fsp3) is 0.667. The van der Waals surface area contributed by atoms with E-state index in [-0.39, 0.29) is 74.4 Å². The van der Waals surface area contributed by atoms with Crippen molar-refractivity contribution in [1.29, 1.82) is 0 Å². The molecule has 2 N–H and O–H groups in total. The van der Waals surface area contributed by atoms with Crippen molar-refractivity contribution >= 4 is 53.5 Å². The Morgan fingerprint density at radius 1 is 0.528 bits per heavy atom. The first kappa shape index (κ1) is 69.2. The molecule has 2 heterocycles. The van der Waals surface area contributed by atoms with Crippen molar-refractivity contribution in [2.75, 3.05) is 36.8 Å². The zero-order chi connectivity index (χ0) is 55.5. The number of anilines is 2. The third-order valence-electron chi connectivity index (χ3n) is 11.4. The van der Waals surface area contributed by atoms with Crippen LogP contribution < -0.4 is 10.6 Å². The Balaban J connectivity index is 0.00000165. The summed E-state index contributed by atoms with van der Waals surface area (Å²) >= 11 is 0. The molecule has 0 saturated carbocycles. The van der Waals surface area contributed by atoms with Crippen molar-refractivity contribution < 1.29 is 123 Å². The normalized spacial score (nSPS) is 21.0. The van der Waals surface area contributed by atoms with E-state index in [0.717, 1.165) is 59.3 Å². The number of carbonyl (C=O) groups excluding carboxylic acids is 2. The molecule has 72 heavy (non-hydrogen) atoms. The molecule has 0 bridgehead atoms. The molecule has 0 aromatic heterocycles. The van der Waals surface area contributed by atoms with Crippen LogP contribution in [0.3, 0.4) is 0 Å². The second-order valence-electron chi connectivity index (χ2n) is 18.1. The molecule has 17 nitrogen and oxygen atoms in total. The van der Waals surface area contributed by atoms with Gasteiger partial charge in [-0.1, -0.05) is 91.8 Å². The smallest absolute Gasteiger partial charge is 0.741 e. The van der Waals surface area contributed by atoms with Crippen LogP contribution in [-0.4, -0.2) is 115 Å². The molecule has 0 radical (unpaired) electrons. The van der Waals surface area contributed by atoms with E-state index in [9.17, 15) is 59.5 Å². The second kappa shape index (κ2) is 27.3. The van der Waals surface area contributed by atoms with Crippen LogP contribution in [0.1, 0.15) is 146 Å². The summed E-state index contributed by atoms with van der Waals surface area (Å²) in [4.78, 5) is 27.8. The van der Waals surface area contributed by atoms with Crippen molar-refractivity contribution in [3.05, 3.63) is 69.1 Å². The summed E-state index contributed by atoms with van der Waals surface area (Å²) in [6.07, 6.45) is 4.65. The first-order chi connectivity index (χ1) is 31.9. The van der Waals surface area contributed by atoms with Crippen LogP contribution in [0.15, 0.2) is 36.4 Å². The fourth-order valence-electron chi connectivity index (χ4n) is 7.85. The van der Waals surface area contributed by atoms with Crippen LogP contribution in [0.5, 0.6) is 0 Å². The van der Waals surface area contributed by atoms with Crippen LogP contribution in [0, 0.1) is 10.4 Å². The number of amides is 2. The number of hydroxylamine groups is 6. The molecule has 0 spiro atoms. The number of halogens is 9. The van der Waals surface area contributed by atoms with Gasteiger partial charge in [0.05, 0.1) is 26.2 Å². The number of piperidine rings is 2. The second-order valence-corrected chi connectivity index (χ2v) is 22.2. The predicted octanol–water partition coefficient (Wildman–Crippen LogP) is 9.03. The van der Waals surface area contributed by atoms with Crippen LogP contribution in [0.4, 0.5) is 50.9 Å². The summed E-state index contributed by atoms with van der Waals surface area (Å²) in [5, 5.41) is 35.3. The maximum Gasteiger partial charge on any atom is 3.00 e. The number of benzene rings is 2. The van der Waals surface area contributed by atoms with Gasteiger partial charge in [-0.15, -0.1) is 0 Å². The average Bonchev–Trinajstić information content (AvgIpc) is 3.19. The van der Waals surface area contributed by atoms with E-state index in [0.29, 0.717) is 32.4 Å². The number of hydrogen-bond acceptors (Lipinski definition) is 13. The summed E-state index contributed by atoms with van der Waals surface area (Å²) < 4.78 is 175. The maximum atomic E-state index is 14.4. The fourth-order valence-corrected chi connectivity index (χ4v) is 7.85. The Morgan fingerprint density at radius 3 is 0.944 bits per heavy atom. The van der Waals surface area contributed by atoms with E-state index in [1.807, 2.05) is 12.1 Å². The molecule has 2 fully saturated rings. The van der Waals surface area contributed by atoms with E-state index in [1.54, 1.807) is 0 Å². The number of nitrogens with zero attached hydrogens (tertiary/aromatic N) is 2. The number of hydrogen-bond donors (Lipinski definition) is 2. The summed E-state index contributed by atoms with van der Waals surface area (Å²) in [5.74, 6) is 0.462. The van der Waals surface area contributed by atoms with Gasteiger partial charge in [-0.05, 0) is 71.6 Å². The maximum absolute atomic E-state index is 14.4. The molecule has 2 aliphatic rings. The molecule has 2 aromatic rings. The van der Waals surface area contributed by atoms with Gasteiger partial charge in [0.2, 0.25) is 0 Å². The first-order valence-electron chi connectivity index (χ1n) is 22.0. The summed E-state index contributed by atoms with van der Waals surface area (Å²) in [6.45, 7) is 18.1. The molecule has 2 amide bonds. The minimum atomic E-state index is -6.09. The molecule has 2 aliphatic heterocycles. The Kier molecular flexibility index (Phi) is 26.2. The molecule has 30 heteroatoms. The minimum absolute atomic E-state index is 0. The Bertz CT molecular complexity index is 2190. The zero-order valence-electron chi connectivity index (χ0n) is 40.6. The Labute approximate surface area is 433 Å². The first-order valence-corrected chi connectivity index (χ1v) is 26.2. The van der Waals surface area contributed by atoms with E-state index < -0.39 is 68.3 Å². The summed E-state index contributed by atoms with van der Waals surface area (Å²) in [6, 6.07) is 10.9. The Morgan fingerprint density at radius 2 is 0.750 bits per heavy atom. The average molecular weight is 1140 g/mol. The number of nitrogens with one attached hydrogen (secondary N) is 2. The largest absolute Gasteiger partial charge is 3.00 e. The minimum Gasteiger partial charge on any atom is -0.741 e. The van der Waals surface area contributed by atoms with Crippen molar-refractivity contribution in [3.63, 3.8) is 0 Å². The molecule has 2 saturated heterocycles. The quantitative estimate of drug-likeness (QED) is 0.0661. The number of carbonyl (C=O) groups is 2. The number of likely N-dealkylation sites (tertiary alicyclic amines) is 2. The van der Waals surface area contributed by atoms with Crippen molar-refractivity contribution in [2.24, 2.45) is 0 Å². The van der Waals surface area contributed by atoms with Gasteiger partial charge in [0, 0.05) is 30.6 Å².